The van der Waals surface area contributed by atoms with Gasteiger partial charge in [0, 0.05) is 11.4 Å². The fourth-order valence-corrected chi connectivity index (χ4v) is 2.17. The van der Waals surface area contributed by atoms with Gasteiger partial charge in [0.25, 0.3) is 0 Å². The monoisotopic (exact) mass is 249 g/mol. The Labute approximate surface area is 104 Å². The van der Waals surface area contributed by atoms with Crippen molar-refractivity contribution < 1.29 is 20.1 Å². The molecule has 2 aromatic rings. The molecule has 18 heavy (non-hydrogen) atoms. The standard InChI is InChI=1S/C13H15NO4/c1-7(2)14-9-4-3-5-11(15)8(9)6-10(14)12(16)13(17)18/h3-7,12,15-16H,1-2H3,(H,17,18). The van der Waals surface area contributed by atoms with E-state index in [1.807, 2.05) is 13.8 Å². The molecule has 96 valence electrons. The highest BCUT2D eigenvalue weighted by Crippen LogP contribution is 2.33. The molecule has 0 aliphatic rings. The summed E-state index contributed by atoms with van der Waals surface area (Å²) in [5.74, 6) is -1.23. The highest BCUT2D eigenvalue weighted by Gasteiger charge is 2.24. The Kier molecular flexibility index (Phi) is 3.00. The third-order valence-electron chi connectivity index (χ3n) is 2.92. The first kappa shape index (κ1) is 12.4. The van der Waals surface area contributed by atoms with E-state index in [9.17, 15) is 15.0 Å². The lowest BCUT2D eigenvalue weighted by Gasteiger charge is -2.16. The number of nitrogens with zero attached hydrogens (tertiary/aromatic N) is 1. The summed E-state index contributed by atoms with van der Waals surface area (Å²) in [5, 5.41) is 28.9. The number of hydrogen-bond acceptors (Lipinski definition) is 3. The molecular formula is C13H15NO4. The number of phenols is 1. The van der Waals surface area contributed by atoms with E-state index in [1.165, 1.54) is 12.1 Å². The van der Waals surface area contributed by atoms with Gasteiger partial charge in [-0.3, -0.25) is 0 Å². The summed E-state index contributed by atoms with van der Waals surface area (Å²) >= 11 is 0. The summed E-state index contributed by atoms with van der Waals surface area (Å²) in [4.78, 5) is 10.9. The number of aliphatic hydroxyl groups excluding tert-OH is 1. The normalized spacial score (nSPS) is 13.1. The van der Waals surface area contributed by atoms with Crippen molar-refractivity contribution in [2.45, 2.75) is 26.0 Å². The van der Waals surface area contributed by atoms with E-state index in [2.05, 4.69) is 0 Å². The number of rotatable bonds is 3. The SMILES string of the molecule is CC(C)n1c(C(O)C(=O)O)cc2c(O)cccc21. The number of benzene rings is 1. The smallest absolute Gasteiger partial charge is 0.338 e. The van der Waals surface area contributed by atoms with Gasteiger partial charge >= 0.3 is 5.97 Å². The minimum atomic E-state index is -1.60. The van der Waals surface area contributed by atoms with Gasteiger partial charge in [-0.15, -0.1) is 0 Å². The first-order chi connectivity index (χ1) is 8.43. The zero-order valence-electron chi connectivity index (χ0n) is 10.2. The van der Waals surface area contributed by atoms with Crippen LogP contribution in [0.25, 0.3) is 10.9 Å². The lowest BCUT2D eigenvalue weighted by atomic mass is 10.2. The summed E-state index contributed by atoms with van der Waals surface area (Å²) in [6, 6.07) is 6.50. The maximum Gasteiger partial charge on any atom is 0.338 e. The number of fused-ring (bicyclic) bond motifs is 1. The van der Waals surface area contributed by atoms with Crippen molar-refractivity contribution in [3.8, 4) is 5.75 Å². The van der Waals surface area contributed by atoms with Crippen LogP contribution in [0.4, 0.5) is 0 Å². The molecule has 0 aliphatic heterocycles. The molecule has 2 rings (SSSR count). The summed E-state index contributed by atoms with van der Waals surface area (Å²) in [6.07, 6.45) is -1.60. The minimum Gasteiger partial charge on any atom is -0.507 e. The summed E-state index contributed by atoms with van der Waals surface area (Å²) in [5.41, 5.74) is 0.981. The molecule has 0 saturated carbocycles. The van der Waals surface area contributed by atoms with Gasteiger partial charge in [0.2, 0.25) is 0 Å². The molecule has 0 aliphatic carbocycles. The molecule has 1 aromatic carbocycles. The lowest BCUT2D eigenvalue weighted by molar-refractivity contribution is -0.147. The second kappa shape index (κ2) is 4.34. The van der Waals surface area contributed by atoms with E-state index >= 15 is 0 Å². The Balaban J connectivity index is 2.77. The molecular weight excluding hydrogens is 234 g/mol. The number of carboxylic acids is 1. The second-order valence-corrected chi connectivity index (χ2v) is 4.48. The molecule has 5 heteroatoms. The highest BCUT2D eigenvalue weighted by molar-refractivity contribution is 5.89. The first-order valence-corrected chi connectivity index (χ1v) is 5.67. The van der Waals surface area contributed by atoms with Crippen LogP contribution in [0.1, 0.15) is 31.7 Å². The quantitative estimate of drug-likeness (QED) is 0.777. The predicted octanol–water partition coefficient (Wildman–Crippen LogP) is 2.05. The predicted molar refractivity (Wildman–Crippen MR) is 66.6 cm³/mol. The zero-order chi connectivity index (χ0) is 13.4. The molecule has 1 heterocycles. The highest BCUT2D eigenvalue weighted by atomic mass is 16.4. The van der Waals surface area contributed by atoms with Crippen molar-refractivity contribution in [3.05, 3.63) is 30.0 Å². The average molecular weight is 249 g/mol. The number of aliphatic hydroxyl groups is 1. The Hall–Kier alpha value is -2.01. The molecule has 0 saturated heterocycles. The molecule has 0 fully saturated rings. The van der Waals surface area contributed by atoms with Crippen LogP contribution in [0.15, 0.2) is 24.3 Å². The number of aromatic hydroxyl groups is 1. The van der Waals surface area contributed by atoms with Crippen LogP contribution in [0.5, 0.6) is 5.75 Å². The molecule has 5 nitrogen and oxygen atoms in total. The lowest BCUT2D eigenvalue weighted by Crippen LogP contribution is -2.16. The van der Waals surface area contributed by atoms with Crippen molar-refractivity contribution in [2.24, 2.45) is 0 Å². The van der Waals surface area contributed by atoms with E-state index in [4.69, 9.17) is 5.11 Å². The summed E-state index contributed by atoms with van der Waals surface area (Å²) in [6.45, 7) is 3.78. The fourth-order valence-electron chi connectivity index (χ4n) is 2.17. The van der Waals surface area contributed by atoms with Gasteiger partial charge in [-0.1, -0.05) is 6.07 Å². The van der Waals surface area contributed by atoms with Crippen LogP contribution in [-0.4, -0.2) is 25.9 Å². The topological polar surface area (TPSA) is 82.7 Å². The van der Waals surface area contributed by atoms with Crippen molar-refractivity contribution in [1.82, 2.24) is 4.57 Å². The number of carbonyl (C=O) groups is 1. The molecule has 0 amide bonds. The van der Waals surface area contributed by atoms with Crippen molar-refractivity contribution in [2.75, 3.05) is 0 Å². The molecule has 0 radical (unpaired) electrons. The van der Waals surface area contributed by atoms with Gasteiger partial charge < -0.3 is 19.9 Å². The number of hydrogen-bond donors (Lipinski definition) is 3. The first-order valence-electron chi connectivity index (χ1n) is 5.67. The van der Waals surface area contributed by atoms with Gasteiger partial charge in [0.1, 0.15) is 5.75 Å². The van der Waals surface area contributed by atoms with Gasteiger partial charge in [-0.2, -0.15) is 0 Å². The number of aromatic nitrogens is 1. The molecule has 1 unspecified atom stereocenters. The van der Waals surface area contributed by atoms with Crippen LogP contribution in [0, 0.1) is 0 Å². The molecule has 0 spiro atoms. The van der Waals surface area contributed by atoms with Gasteiger partial charge in [0.05, 0.1) is 11.2 Å². The van der Waals surface area contributed by atoms with Gasteiger partial charge in [0.15, 0.2) is 6.10 Å². The van der Waals surface area contributed by atoms with Gasteiger partial charge in [-0.05, 0) is 32.0 Å². The Bertz CT molecular complexity index is 600. The summed E-state index contributed by atoms with van der Waals surface area (Å²) < 4.78 is 1.72. The molecule has 0 bridgehead atoms. The second-order valence-electron chi connectivity index (χ2n) is 4.48. The van der Waals surface area contributed by atoms with E-state index in [0.717, 1.165) is 0 Å². The largest absolute Gasteiger partial charge is 0.507 e. The van der Waals surface area contributed by atoms with Crippen LogP contribution >= 0.6 is 0 Å². The maximum absolute atomic E-state index is 10.9. The number of aliphatic carboxylic acids is 1. The Morgan fingerprint density at radius 3 is 2.56 bits per heavy atom. The maximum atomic E-state index is 10.9. The Morgan fingerprint density at radius 1 is 1.33 bits per heavy atom. The van der Waals surface area contributed by atoms with E-state index in [0.29, 0.717) is 10.9 Å². The van der Waals surface area contributed by atoms with Crippen LogP contribution in [-0.2, 0) is 4.79 Å². The minimum absolute atomic E-state index is 0.0201. The van der Waals surface area contributed by atoms with Crippen molar-refractivity contribution in [3.63, 3.8) is 0 Å². The van der Waals surface area contributed by atoms with Crippen LogP contribution < -0.4 is 0 Å². The Morgan fingerprint density at radius 2 is 2.00 bits per heavy atom. The molecule has 1 atom stereocenters. The van der Waals surface area contributed by atoms with E-state index < -0.39 is 12.1 Å². The molecule has 1 aromatic heterocycles. The van der Waals surface area contributed by atoms with Gasteiger partial charge in [-0.25, -0.2) is 4.79 Å². The van der Waals surface area contributed by atoms with Crippen LogP contribution in [0.2, 0.25) is 0 Å². The van der Waals surface area contributed by atoms with E-state index in [1.54, 1.807) is 16.7 Å². The third kappa shape index (κ3) is 1.82. The fraction of sp³-hybridized carbons (Fsp3) is 0.308. The van der Waals surface area contributed by atoms with E-state index in [-0.39, 0.29) is 17.5 Å². The van der Waals surface area contributed by atoms with Crippen LogP contribution in [0.3, 0.4) is 0 Å². The van der Waals surface area contributed by atoms with Crippen molar-refractivity contribution >= 4 is 16.9 Å². The zero-order valence-corrected chi connectivity index (χ0v) is 10.2. The average Bonchev–Trinajstić information content (AvgIpc) is 2.68. The van der Waals surface area contributed by atoms with Crippen molar-refractivity contribution in [1.29, 1.82) is 0 Å². The summed E-state index contributed by atoms with van der Waals surface area (Å²) in [7, 11) is 0. The molecule has 3 N–H and O–H groups in total. The number of carboxylic acid groups (broad SMARTS) is 1. The number of phenolic OH excluding ortho intramolecular Hbond substituents is 1. The third-order valence-corrected chi connectivity index (χ3v) is 2.92.